The zero-order chi connectivity index (χ0) is 19.2. The van der Waals surface area contributed by atoms with Crippen LogP contribution in [0.25, 0.3) is 0 Å². The first kappa shape index (κ1) is 23.0. The Morgan fingerprint density at radius 1 is 0.962 bits per heavy atom. The zero-order valence-electron chi connectivity index (χ0n) is 17.5. The third-order valence-electron chi connectivity index (χ3n) is 5.58. The molecule has 1 aliphatic rings. The van der Waals surface area contributed by atoms with E-state index in [0.717, 1.165) is 19.3 Å². The van der Waals surface area contributed by atoms with Gasteiger partial charge in [0.05, 0.1) is 0 Å². The molecule has 4 heteroatoms. The maximum Gasteiger partial charge on any atom is 0.241 e. The van der Waals surface area contributed by atoms with Crippen LogP contribution in [-0.2, 0) is 9.59 Å². The molecule has 0 saturated carbocycles. The first-order valence-corrected chi connectivity index (χ1v) is 11.2. The Labute approximate surface area is 161 Å². The minimum atomic E-state index is -0.0919. The van der Waals surface area contributed by atoms with Crippen LogP contribution in [0, 0.1) is 5.92 Å². The number of carbonyl (C=O) groups is 2. The van der Waals surface area contributed by atoms with E-state index in [-0.39, 0.29) is 24.5 Å². The number of carbonyl (C=O) groups excluding carboxylic acids is 2. The summed E-state index contributed by atoms with van der Waals surface area (Å²) in [6, 6.07) is 0. The second-order valence-electron chi connectivity index (χ2n) is 8.09. The van der Waals surface area contributed by atoms with E-state index >= 15 is 0 Å². The maximum atomic E-state index is 12.5. The van der Waals surface area contributed by atoms with Crippen molar-refractivity contribution < 1.29 is 9.59 Å². The molecule has 1 rings (SSSR count). The Bertz CT molecular complexity index is 398. The van der Waals surface area contributed by atoms with Gasteiger partial charge >= 0.3 is 0 Å². The summed E-state index contributed by atoms with van der Waals surface area (Å²) in [5.41, 5.74) is 0. The van der Waals surface area contributed by atoms with Gasteiger partial charge in [-0.15, -0.1) is 0 Å². The third kappa shape index (κ3) is 9.05. The Morgan fingerprint density at radius 3 is 2.12 bits per heavy atom. The van der Waals surface area contributed by atoms with Crippen LogP contribution >= 0.6 is 0 Å². The SMILES string of the molecule is CCCCCCCCCC(C)C1NC(=O)CN1C(=O)CCCCCCC. The van der Waals surface area contributed by atoms with E-state index < -0.39 is 0 Å². The van der Waals surface area contributed by atoms with Crippen molar-refractivity contribution in [2.45, 2.75) is 117 Å². The van der Waals surface area contributed by atoms with Crippen molar-refractivity contribution in [1.29, 1.82) is 0 Å². The van der Waals surface area contributed by atoms with Gasteiger partial charge in [0, 0.05) is 6.42 Å². The molecule has 1 saturated heterocycles. The number of nitrogens with zero attached hydrogens (tertiary/aromatic N) is 1. The van der Waals surface area contributed by atoms with Crippen LogP contribution in [0.15, 0.2) is 0 Å². The van der Waals surface area contributed by atoms with Gasteiger partial charge in [0.15, 0.2) is 0 Å². The van der Waals surface area contributed by atoms with Crippen molar-refractivity contribution in [3.63, 3.8) is 0 Å². The quantitative estimate of drug-likeness (QED) is 0.394. The highest BCUT2D eigenvalue weighted by molar-refractivity contribution is 5.88. The van der Waals surface area contributed by atoms with Gasteiger partial charge in [-0.25, -0.2) is 0 Å². The fourth-order valence-electron chi connectivity index (χ4n) is 3.84. The summed E-state index contributed by atoms with van der Waals surface area (Å²) in [7, 11) is 0. The summed E-state index contributed by atoms with van der Waals surface area (Å²) in [6.07, 6.45) is 16.4. The summed E-state index contributed by atoms with van der Waals surface area (Å²) in [6.45, 7) is 6.87. The van der Waals surface area contributed by atoms with E-state index in [1.165, 1.54) is 64.2 Å². The summed E-state index contributed by atoms with van der Waals surface area (Å²) in [4.78, 5) is 26.2. The molecule has 0 radical (unpaired) electrons. The molecular weight excluding hydrogens is 324 g/mol. The Balaban J connectivity index is 2.28. The van der Waals surface area contributed by atoms with Crippen molar-refractivity contribution in [1.82, 2.24) is 10.2 Å². The summed E-state index contributed by atoms with van der Waals surface area (Å²) < 4.78 is 0. The molecule has 1 fully saturated rings. The van der Waals surface area contributed by atoms with Crippen LogP contribution in [0.3, 0.4) is 0 Å². The number of rotatable bonds is 15. The highest BCUT2D eigenvalue weighted by Gasteiger charge is 2.35. The predicted octanol–water partition coefficient (Wildman–Crippen LogP) is 5.41. The van der Waals surface area contributed by atoms with Crippen molar-refractivity contribution in [2.24, 2.45) is 5.92 Å². The number of unbranched alkanes of at least 4 members (excludes halogenated alkanes) is 10. The molecule has 0 aliphatic carbocycles. The Hall–Kier alpha value is -1.06. The lowest BCUT2D eigenvalue weighted by atomic mass is 9.98. The number of nitrogens with one attached hydrogen (secondary N) is 1. The van der Waals surface area contributed by atoms with Crippen LogP contribution < -0.4 is 5.32 Å². The van der Waals surface area contributed by atoms with Crippen molar-refractivity contribution >= 4 is 11.8 Å². The molecule has 0 aromatic carbocycles. The van der Waals surface area contributed by atoms with E-state index in [1.807, 2.05) is 0 Å². The van der Waals surface area contributed by atoms with E-state index in [2.05, 4.69) is 26.1 Å². The number of hydrogen-bond donors (Lipinski definition) is 1. The van der Waals surface area contributed by atoms with Crippen LogP contribution in [0.1, 0.15) is 111 Å². The van der Waals surface area contributed by atoms with E-state index in [1.54, 1.807) is 4.90 Å². The van der Waals surface area contributed by atoms with Crippen LogP contribution in [-0.4, -0.2) is 29.4 Å². The average molecular weight is 367 g/mol. The minimum Gasteiger partial charge on any atom is -0.334 e. The fraction of sp³-hybridized carbons (Fsp3) is 0.909. The molecule has 0 aromatic rings. The highest BCUT2D eigenvalue weighted by atomic mass is 16.2. The van der Waals surface area contributed by atoms with Crippen LogP contribution in [0.5, 0.6) is 0 Å². The van der Waals surface area contributed by atoms with Crippen molar-refractivity contribution in [3.05, 3.63) is 0 Å². The van der Waals surface area contributed by atoms with Gasteiger partial charge in [-0.3, -0.25) is 9.59 Å². The van der Waals surface area contributed by atoms with Gasteiger partial charge < -0.3 is 10.2 Å². The van der Waals surface area contributed by atoms with Gasteiger partial charge in [-0.1, -0.05) is 91.4 Å². The Kier molecular flexibility index (Phi) is 12.4. The topological polar surface area (TPSA) is 49.4 Å². The third-order valence-corrected chi connectivity index (χ3v) is 5.58. The van der Waals surface area contributed by atoms with Gasteiger partial charge in [0.25, 0.3) is 0 Å². The van der Waals surface area contributed by atoms with Crippen LogP contribution in [0.2, 0.25) is 0 Å². The summed E-state index contributed by atoms with van der Waals surface area (Å²) in [5.74, 6) is 0.484. The lowest BCUT2D eigenvalue weighted by Gasteiger charge is -2.28. The summed E-state index contributed by atoms with van der Waals surface area (Å²) in [5, 5.41) is 3.03. The molecule has 0 spiro atoms. The number of amides is 2. The average Bonchev–Trinajstić information content (AvgIpc) is 3.02. The van der Waals surface area contributed by atoms with E-state index in [4.69, 9.17) is 0 Å². The monoisotopic (exact) mass is 366 g/mol. The first-order valence-electron chi connectivity index (χ1n) is 11.2. The van der Waals surface area contributed by atoms with Crippen LogP contribution in [0.4, 0.5) is 0 Å². The van der Waals surface area contributed by atoms with Gasteiger partial charge in [-0.05, 0) is 18.8 Å². The molecule has 1 aliphatic heterocycles. The standard InChI is InChI=1S/C22H42N2O2/c1-4-6-8-10-11-13-14-16-19(3)22-23-20(25)18-24(22)21(26)17-15-12-9-7-5-2/h19,22H,4-18H2,1-3H3,(H,23,25). The van der Waals surface area contributed by atoms with E-state index in [9.17, 15) is 9.59 Å². The fourth-order valence-corrected chi connectivity index (χ4v) is 3.84. The van der Waals surface area contributed by atoms with Gasteiger partial charge in [0.2, 0.25) is 11.8 Å². The molecule has 2 amide bonds. The minimum absolute atomic E-state index is 0.000693. The lowest BCUT2D eigenvalue weighted by molar-refractivity contribution is -0.134. The lowest BCUT2D eigenvalue weighted by Crippen LogP contribution is -2.44. The van der Waals surface area contributed by atoms with Crippen molar-refractivity contribution in [3.8, 4) is 0 Å². The molecule has 2 unspecified atom stereocenters. The molecule has 4 nitrogen and oxygen atoms in total. The van der Waals surface area contributed by atoms with Crippen molar-refractivity contribution in [2.75, 3.05) is 6.54 Å². The highest BCUT2D eigenvalue weighted by Crippen LogP contribution is 2.22. The molecule has 26 heavy (non-hydrogen) atoms. The zero-order valence-corrected chi connectivity index (χ0v) is 17.5. The first-order chi connectivity index (χ1) is 12.6. The molecular formula is C22H42N2O2. The second kappa shape index (κ2) is 14.1. The predicted molar refractivity (Wildman–Crippen MR) is 109 cm³/mol. The molecule has 1 heterocycles. The largest absolute Gasteiger partial charge is 0.334 e. The molecule has 2 atom stereocenters. The van der Waals surface area contributed by atoms with Gasteiger partial charge in [0.1, 0.15) is 12.7 Å². The molecule has 0 aromatic heterocycles. The smallest absolute Gasteiger partial charge is 0.241 e. The summed E-state index contributed by atoms with van der Waals surface area (Å²) >= 11 is 0. The second-order valence-corrected chi connectivity index (χ2v) is 8.09. The van der Waals surface area contributed by atoms with Gasteiger partial charge in [-0.2, -0.15) is 0 Å². The molecule has 152 valence electrons. The maximum absolute atomic E-state index is 12.5. The Morgan fingerprint density at radius 2 is 1.50 bits per heavy atom. The molecule has 0 bridgehead atoms. The normalized spacial score (nSPS) is 18.2. The number of hydrogen-bond acceptors (Lipinski definition) is 2. The van der Waals surface area contributed by atoms with E-state index in [0.29, 0.717) is 12.3 Å². The molecule has 1 N–H and O–H groups in total.